The lowest BCUT2D eigenvalue weighted by atomic mass is 9.82. The van der Waals surface area contributed by atoms with Crippen LogP contribution in [0, 0.1) is 11.7 Å². The maximum atomic E-state index is 13.5. The number of hydrogen-bond donors (Lipinski definition) is 1. The van der Waals surface area contributed by atoms with Gasteiger partial charge in [0.25, 0.3) is 0 Å². The molecular formula is C13H17F3N2. The molecule has 1 aromatic rings. The fraction of sp³-hybridized carbons (Fsp3) is 0.615. The molecule has 0 saturated heterocycles. The van der Waals surface area contributed by atoms with Gasteiger partial charge in [-0.15, -0.1) is 0 Å². The van der Waals surface area contributed by atoms with Gasteiger partial charge in [0.2, 0.25) is 5.92 Å². The van der Waals surface area contributed by atoms with E-state index in [2.05, 4.69) is 4.98 Å². The molecular weight excluding hydrogens is 241 g/mol. The van der Waals surface area contributed by atoms with Crippen molar-refractivity contribution in [1.29, 1.82) is 0 Å². The van der Waals surface area contributed by atoms with Gasteiger partial charge in [0, 0.05) is 19.0 Å². The van der Waals surface area contributed by atoms with Gasteiger partial charge in [0.15, 0.2) is 0 Å². The fourth-order valence-corrected chi connectivity index (χ4v) is 2.62. The zero-order chi connectivity index (χ0) is 13.2. The second kappa shape index (κ2) is 5.26. The van der Waals surface area contributed by atoms with Crippen LogP contribution in [0.3, 0.4) is 0 Å². The number of nitrogens with two attached hydrogens (primary N) is 1. The smallest absolute Gasteiger partial charge is 0.248 e. The summed E-state index contributed by atoms with van der Waals surface area (Å²) in [6, 6.07) is 2.17. The molecule has 1 heterocycles. The van der Waals surface area contributed by atoms with Crippen molar-refractivity contribution in [1.82, 2.24) is 4.98 Å². The average Bonchev–Trinajstić information content (AvgIpc) is 2.28. The summed E-state index contributed by atoms with van der Waals surface area (Å²) in [5.74, 6) is -3.21. The molecule has 0 amide bonds. The number of hydrogen-bond acceptors (Lipinski definition) is 2. The topological polar surface area (TPSA) is 38.9 Å². The van der Waals surface area contributed by atoms with E-state index in [9.17, 15) is 13.2 Å². The fourth-order valence-electron chi connectivity index (χ4n) is 2.62. The molecule has 1 aromatic heterocycles. The van der Waals surface area contributed by atoms with E-state index in [0.717, 1.165) is 6.42 Å². The number of aromatic nitrogens is 1. The number of alkyl halides is 2. The summed E-state index contributed by atoms with van der Waals surface area (Å²) in [5, 5.41) is 0. The van der Waals surface area contributed by atoms with E-state index in [-0.39, 0.29) is 24.5 Å². The third-order valence-corrected chi connectivity index (χ3v) is 3.47. The van der Waals surface area contributed by atoms with Crippen LogP contribution >= 0.6 is 0 Å². The Kier molecular flexibility index (Phi) is 3.90. The van der Waals surface area contributed by atoms with E-state index >= 15 is 0 Å². The molecule has 1 fully saturated rings. The Balaban J connectivity index is 1.99. The number of pyridine rings is 1. The highest BCUT2D eigenvalue weighted by molar-refractivity contribution is 5.11. The Morgan fingerprint density at radius 3 is 2.94 bits per heavy atom. The lowest BCUT2D eigenvalue weighted by molar-refractivity contribution is -0.0544. The van der Waals surface area contributed by atoms with Crippen molar-refractivity contribution in [2.45, 2.75) is 44.1 Å². The zero-order valence-electron chi connectivity index (χ0n) is 10.1. The van der Waals surface area contributed by atoms with Gasteiger partial charge in [-0.05, 0) is 37.3 Å². The summed E-state index contributed by atoms with van der Waals surface area (Å²) >= 11 is 0. The number of halogens is 3. The molecule has 100 valence electrons. The van der Waals surface area contributed by atoms with Crippen LogP contribution in [-0.2, 0) is 0 Å². The molecule has 5 heteroatoms. The second-order valence-electron chi connectivity index (χ2n) is 5.03. The lowest BCUT2D eigenvalue weighted by Gasteiger charge is -2.30. The van der Waals surface area contributed by atoms with E-state index in [0.29, 0.717) is 12.8 Å². The monoisotopic (exact) mass is 258 g/mol. The highest BCUT2D eigenvalue weighted by Crippen LogP contribution is 2.39. The Morgan fingerprint density at radius 1 is 1.50 bits per heavy atom. The number of rotatable bonds is 3. The van der Waals surface area contributed by atoms with E-state index in [4.69, 9.17) is 5.73 Å². The van der Waals surface area contributed by atoms with Gasteiger partial charge in [-0.3, -0.25) is 4.98 Å². The highest BCUT2D eigenvalue weighted by atomic mass is 19.3. The largest absolute Gasteiger partial charge is 0.323 e. The standard InChI is InChI=1S/C13H17F3N2/c14-10-4-2-6-18-12(10)11(17)7-9-3-1-5-13(15,16)8-9/h2,4,6,9,11H,1,3,5,7-8,17H2. The van der Waals surface area contributed by atoms with Crippen LogP contribution < -0.4 is 5.73 Å². The average molecular weight is 258 g/mol. The predicted octanol–water partition coefficient (Wildman–Crippen LogP) is 3.44. The molecule has 1 saturated carbocycles. The minimum atomic E-state index is -2.59. The van der Waals surface area contributed by atoms with Gasteiger partial charge in [-0.1, -0.05) is 0 Å². The summed E-state index contributed by atoms with van der Waals surface area (Å²) in [6.07, 6.45) is 2.88. The summed E-state index contributed by atoms with van der Waals surface area (Å²) in [6.45, 7) is 0. The minimum absolute atomic E-state index is 0.0450. The van der Waals surface area contributed by atoms with Crippen molar-refractivity contribution in [3.8, 4) is 0 Å². The zero-order valence-corrected chi connectivity index (χ0v) is 10.1. The molecule has 2 nitrogen and oxygen atoms in total. The van der Waals surface area contributed by atoms with Crippen LogP contribution in [0.2, 0.25) is 0 Å². The Labute approximate surface area is 104 Å². The Morgan fingerprint density at radius 2 is 2.28 bits per heavy atom. The predicted molar refractivity (Wildman–Crippen MR) is 62.6 cm³/mol. The molecule has 0 spiro atoms. The van der Waals surface area contributed by atoms with Gasteiger partial charge in [-0.2, -0.15) is 0 Å². The van der Waals surface area contributed by atoms with Crippen molar-refractivity contribution >= 4 is 0 Å². The van der Waals surface area contributed by atoms with Crippen LogP contribution in [-0.4, -0.2) is 10.9 Å². The van der Waals surface area contributed by atoms with E-state index < -0.39 is 17.8 Å². The molecule has 0 aromatic carbocycles. The van der Waals surface area contributed by atoms with Crippen LogP contribution in [0.1, 0.15) is 43.8 Å². The summed E-state index contributed by atoms with van der Waals surface area (Å²) in [7, 11) is 0. The normalized spacial score (nSPS) is 24.8. The van der Waals surface area contributed by atoms with Gasteiger partial charge < -0.3 is 5.73 Å². The van der Waals surface area contributed by atoms with E-state index in [1.165, 1.54) is 18.3 Å². The molecule has 0 radical (unpaired) electrons. The molecule has 0 bridgehead atoms. The second-order valence-corrected chi connectivity index (χ2v) is 5.03. The highest BCUT2D eigenvalue weighted by Gasteiger charge is 2.36. The molecule has 1 aliphatic rings. The summed E-state index contributed by atoms with van der Waals surface area (Å²) < 4.78 is 40.0. The van der Waals surface area contributed by atoms with Gasteiger partial charge >= 0.3 is 0 Å². The molecule has 2 N–H and O–H groups in total. The van der Waals surface area contributed by atoms with Crippen molar-refractivity contribution in [2.24, 2.45) is 11.7 Å². The molecule has 1 aliphatic carbocycles. The molecule has 2 rings (SSSR count). The lowest BCUT2D eigenvalue weighted by Crippen LogP contribution is -2.28. The van der Waals surface area contributed by atoms with Gasteiger partial charge in [0.1, 0.15) is 5.82 Å². The van der Waals surface area contributed by atoms with Crippen LogP contribution in [0.4, 0.5) is 13.2 Å². The molecule has 2 atom stereocenters. The van der Waals surface area contributed by atoms with Crippen molar-refractivity contribution in [3.63, 3.8) is 0 Å². The van der Waals surface area contributed by atoms with Crippen molar-refractivity contribution in [3.05, 3.63) is 29.8 Å². The molecule has 2 unspecified atom stereocenters. The third-order valence-electron chi connectivity index (χ3n) is 3.47. The maximum Gasteiger partial charge on any atom is 0.248 e. The van der Waals surface area contributed by atoms with E-state index in [1.807, 2.05) is 0 Å². The van der Waals surface area contributed by atoms with Crippen LogP contribution in [0.15, 0.2) is 18.3 Å². The Bertz CT molecular complexity index is 409. The maximum absolute atomic E-state index is 13.5. The minimum Gasteiger partial charge on any atom is -0.323 e. The van der Waals surface area contributed by atoms with Crippen LogP contribution in [0.5, 0.6) is 0 Å². The van der Waals surface area contributed by atoms with Crippen molar-refractivity contribution in [2.75, 3.05) is 0 Å². The first kappa shape index (κ1) is 13.3. The third kappa shape index (κ3) is 3.22. The quantitative estimate of drug-likeness (QED) is 0.902. The first-order chi connectivity index (χ1) is 8.48. The molecule has 18 heavy (non-hydrogen) atoms. The SMILES string of the molecule is NC(CC1CCCC(F)(F)C1)c1ncccc1F. The first-order valence-electron chi connectivity index (χ1n) is 6.22. The van der Waals surface area contributed by atoms with Crippen molar-refractivity contribution < 1.29 is 13.2 Å². The Hall–Kier alpha value is -1.10. The molecule has 0 aliphatic heterocycles. The summed E-state index contributed by atoms with van der Waals surface area (Å²) in [5.41, 5.74) is 6.04. The van der Waals surface area contributed by atoms with Gasteiger partial charge in [-0.25, -0.2) is 13.2 Å². The van der Waals surface area contributed by atoms with Crippen LogP contribution in [0.25, 0.3) is 0 Å². The van der Waals surface area contributed by atoms with Gasteiger partial charge in [0.05, 0.1) is 11.7 Å². The van der Waals surface area contributed by atoms with E-state index in [1.54, 1.807) is 0 Å². The first-order valence-corrected chi connectivity index (χ1v) is 6.22. The number of nitrogens with zero attached hydrogens (tertiary/aromatic N) is 1. The summed E-state index contributed by atoms with van der Waals surface area (Å²) in [4.78, 5) is 3.89.